The van der Waals surface area contributed by atoms with E-state index >= 15 is 0 Å². The largest absolute Gasteiger partial charge is 0.677 e. The van der Waals surface area contributed by atoms with Crippen LogP contribution in [0.5, 0.6) is 0 Å². The average molecular weight is 788 g/mol. The third kappa shape index (κ3) is 8.41. The van der Waals surface area contributed by atoms with Crippen LogP contribution in [-0.4, -0.2) is 49.3 Å². The van der Waals surface area contributed by atoms with Gasteiger partial charge in [0, 0.05) is 63.8 Å². The lowest BCUT2D eigenvalue weighted by Crippen LogP contribution is -2.42. The van der Waals surface area contributed by atoms with Crippen LogP contribution in [0.2, 0.25) is 0 Å². The Kier molecular flexibility index (Phi) is 11.6. The smallest absolute Gasteiger partial charge is 0.351 e. The van der Waals surface area contributed by atoms with E-state index in [1.54, 1.807) is 13.0 Å². The number of nitrogens with zero attached hydrogens (tertiary/aromatic N) is 4. The maximum atomic E-state index is 14.4. The van der Waals surface area contributed by atoms with Gasteiger partial charge in [-0.05, 0) is 157 Å². The van der Waals surface area contributed by atoms with Gasteiger partial charge in [0.15, 0.2) is 0 Å². The molecule has 1 saturated heterocycles. The highest BCUT2D eigenvalue weighted by molar-refractivity contribution is 6.41. The third-order valence-corrected chi connectivity index (χ3v) is 11.4. The van der Waals surface area contributed by atoms with Gasteiger partial charge in [-0.3, -0.25) is 18.4 Å². The minimum Gasteiger partial charge on any atom is -0.351 e. The monoisotopic (exact) mass is 787 g/mol. The van der Waals surface area contributed by atoms with Crippen LogP contribution in [0.25, 0.3) is 5.57 Å². The second-order valence-corrected chi connectivity index (χ2v) is 16.4. The van der Waals surface area contributed by atoms with Gasteiger partial charge in [0.1, 0.15) is 0 Å². The summed E-state index contributed by atoms with van der Waals surface area (Å²) < 4.78 is 29.9. The molecule has 1 amide bonds. The molecule has 1 unspecified atom stereocenters. The van der Waals surface area contributed by atoms with Gasteiger partial charge in [-0.25, -0.2) is 0 Å². The van der Waals surface area contributed by atoms with E-state index in [1.165, 1.54) is 44.8 Å². The van der Waals surface area contributed by atoms with Crippen LogP contribution >= 0.6 is 0 Å². The van der Waals surface area contributed by atoms with Crippen molar-refractivity contribution in [2.45, 2.75) is 75.3 Å². The van der Waals surface area contributed by atoms with Crippen molar-refractivity contribution < 1.29 is 13.4 Å². The van der Waals surface area contributed by atoms with E-state index in [-0.39, 0.29) is 11.9 Å². The topological polar surface area (TPSA) is 52.9 Å². The van der Waals surface area contributed by atoms with Crippen molar-refractivity contribution in [3.8, 4) is 11.8 Å². The van der Waals surface area contributed by atoms with Crippen molar-refractivity contribution in [2.75, 3.05) is 29.6 Å². The van der Waals surface area contributed by atoms with Gasteiger partial charge in [0.05, 0.1) is 18.4 Å². The van der Waals surface area contributed by atoms with Gasteiger partial charge in [-0.15, -0.1) is 0 Å². The van der Waals surface area contributed by atoms with E-state index in [4.69, 9.17) is 4.99 Å². The van der Waals surface area contributed by atoms with Crippen LogP contribution in [0.4, 0.5) is 20.0 Å². The van der Waals surface area contributed by atoms with Crippen LogP contribution in [0.1, 0.15) is 91.2 Å². The normalized spacial score (nSPS) is 15.8. The zero-order chi connectivity index (χ0) is 42.3. The summed E-state index contributed by atoms with van der Waals surface area (Å²) >= 11 is 0. The molecule has 0 aliphatic carbocycles. The molecular formula is C50H52BF2N5O. The van der Waals surface area contributed by atoms with E-state index in [9.17, 15) is 13.4 Å². The molecule has 59 heavy (non-hydrogen) atoms. The first-order valence-corrected chi connectivity index (χ1v) is 20.2. The molecule has 1 fully saturated rings. The Balaban J connectivity index is 1.07. The Bertz CT molecular complexity index is 2580. The van der Waals surface area contributed by atoms with Crippen molar-refractivity contribution in [1.29, 1.82) is 0 Å². The minimum absolute atomic E-state index is 0.0707. The number of amides is 1. The van der Waals surface area contributed by atoms with Crippen LogP contribution in [0.15, 0.2) is 101 Å². The quantitative estimate of drug-likeness (QED) is 0.126. The molecule has 0 spiro atoms. The first-order valence-electron chi connectivity index (χ1n) is 20.2. The Morgan fingerprint density at radius 3 is 1.76 bits per heavy atom. The summed E-state index contributed by atoms with van der Waals surface area (Å²) in [6, 6.07) is 25.8. The molecule has 3 heterocycles. The van der Waals surface area contributed by atoms with Crippen molar-refractivity contribution in [3.05, 3.63) is 169 Å². The zero-order valence-corrected chi connectivity index (χ0v) is 35.8. The molecule has 1 aromatic heterocycles. The molecular weight excluding hydrogens is 735 g/mol. The van der Waals surface area contributed by atoms with Gasteiger partial charge in [0.2, 0.25) is 0 Å². The SMILES string of the molecule is CC1=CC(C)=N/C1=C(/c1ccc(C#Cc2ccc(C(=O)NCC3CN(c4c(C)cc(C)cc4C)CN3c3c(C)cc(C)cc3C)cc2)cc1)c1c(C)cc(C)n1B(F)F. The number of hydrogen-bond acceptors (Lipinski definition) is 4. The number of aliphatic imine (C=N–C) groups is 1. The summed E-state index contributed by atoms with van der Waals surface area (Å²) in [5, 5.41) is 3.24. The van der Waals surface area contributed by atoms with E-state index in [2.05, 4.69) is 92.8 Å². The lowest BCUT2D eigenvalue weighted by atomic mass is 9.94. The minimum atomic E-state index is -2.69. The van der Waals surface area contributed by atoms with Crippen LogP contribution in [0.3, 0.4) is 0 Å². The zero-order valence-electron chi connectivity index (χ0n) is 35.8. The first-order chi connectivity index (χ1) is 28.1. The number of allylic oxidation sites excluding steroid dienone is 2. The van der Waals surface area contributed by atoms with Crippen molar-refractivity contribution in [2.24, 2.45) is 4.99 Å². The van der Waals surface area contributed by atoms with Gasteiger partial charge < -0.3 is 19.6 Å². The molecule has 2 aliphatic rings. The molecule has 0 bridgehead atoms. The Morgan fingerprint density at radius 2 is 1.25 bits per heavy atom. The second-order valence-electron chi connectivity index (χ2n) is 16.4. The van der Waals surface area contributed by atoms with Crippen molar-refractivity contribution in [1.82, 2.24) is 9.79 Å². The van der Waals surface area contributed by atoms with E-state index in [0.29, 0.717) is 34.8 Å². The number of halogens is 2. The maximum absolute atomic E-state index is 14.4. The molecule has 2 aliphatic heterocycles. The number of hydrogen-bond donors (Lipinski definition) is 1. The predicted octanol–water partition coefficient (Wildman–Crippen LogP) is 10.4. The molecule has 4 aromatic carbocycles. The summed E-state index contributed by atoms with van der Waals surface area (Å²) in [5.74, 6) is 6.32. The van der Waals surface area contributed by atoms with Gasteiger partial charge >= 0.3 is 7.40 Å². The molecule has 5 aromatic rings. The molecule has 1 atom stereocenters. The standard InChI is InChI=1S/C50H52BF2N5O/c1-30-21-33(4)47(34(5)22-30)56-28-44(57(29-56)48-35(6)23-31(2)24-36(48)7)27-54-50(59)43-19-15-41(16-20-43)12-11-40-13-17-42(18-14-40)45(46-32(3)25-38(9)55-46)49-37(8)26-39(10)58(49)51(52)53/h13-26,44H,27-29H2,1-10H3,(H,54,59)/b46-45-. The number of aryl methyl sites for hydroxylation is 8. The average Bonchev–Trinajstić information content (AvgIpc) is 3.82. The molecule has 6 nitrogen and oxygen atoms in total. The number of carbonyl (C=O) groups excluding carboxylic acids is 1. The summed E-state index contributed by atoms with van der Waals surface area (Å²) in [6.45, 7) is 22.5. The molecule has 300 valence electrons. The first kappa shape index (κ1) is 41.0. The number of aromatic nitrogens is 1. The number of carbonyl (C=O) groups is 1. The highest BCUT2D eigenvalue weighted by Crippen LogP contribution is 2.38. The highest BCUT2D eigenvalue weighted by Gasteiger charge is 2.34. The van der Waals surface area contributed by atoms with Crippen molar-refractivity contribution in [3.63, 3.8) is 0 Å². The fraction of sp³-hybridized carbons (Fsp3) is 0.280. The molecule has 0 saturated carbocycles. The van der Waals surface area contributed by atoms with Crippen LogP contribution in [-0.2, 0) is 0 Å². The van der Waals surface area contributed by atoms with Crippen LogP contribution in [0, 0.1) is 67.2 Å². The van der Waals surface area contributed by atoms with Gasteiger partial charge in [-0.1, -0.05) is 59.4 Å². The fourth-order valence-corrected chi connectivity index (χ4v) is 9.18. The summed E-state index contributed by atoms with van der Waals surface area (Å²) in [4.78, 5) is 23.2. The van der Waals surface area contributed by atoms with E-state index in [1.807, 2.05) is 75.4 Å². The number of nitrogens with one attached hydrogen (secondary N) is 1. The molecule has 0 radical (unpaired) electrons. The number of anilines is 2. The Morgan fingerprint density at radius 1 is 0.729 bits per heavy atom. The second kappa shape index (κ2) is 16.6. The summed E-state index contributed by atoms with van der Waals surface area (Å²) in [5.41, 5.74) is 17.8. The lowest BCUT2D eigenvalue weighted by molar-refractivity contribution is 0.0952. The lowest BCUT2D eigenvalue weighted by Gasteiger charge is -2.29. The molecule has 7 rings (SSSR count). The predicted molar refractivity (Wildman–Crippen MR) is 241 cm³/mol. The summed E-state index contributed by atoms with van der Waals surface area (Å²) in [7, 11) is -2.69. The third-order valence-electron chi connectivity index (χ3n) is 11.4. The van der Waals surface area contributed by atoms with E-state index < -0.39 is 7.40 Å². The molecule has 1 N–H and O–H groups in total. The van der Waals surface area contributed by atoms with Crippen LogP contribution < -0.4 is 15.1 Å². The van der Waals surface area contributed by atoms with Gasteiger partial charge in [0.25, 0.3) is 5.91 Å². The Hall–Kier alpha value is -6.14. The molecule has 9 heteroatoms. The van der Waals surface area contributed by atoms with E-state index in [0.717, 1.165) is 51.2 Å². The maximum Gasteiger partial charge on any atom is 0.677 e. The summed E-state index contributed by atoms with van der Waals surface area (Å²) in [6.07, 6.45) is 1.97. The number of rotatable bonds is 8. The fourth-order valence-electron chi connectivity index (χ4n) is 9.18. The highest BCUT2D eigenvalue weighted by atomic mass is 19.2. The Labute approximate surface area is 348 Å². The number of benzene rings is 4. The van der Waals surface area contributed by atoms with Gasteiger partial charge in [-0.2, -0.15) is 0 Å². The van der Waals surface area contributed by atoms with Crippen molar-refractivity contribution >= 4 is 36.0 Å².